The second kappa shape index (κ2) is 10.9. The molecule has 5 nitrogen and oxygen atoms in total. The Balaban J connectivity index is 1.36. The van der Waals surface area contributed by atoms with E-state index in [1.165, 1.54) is 24.1 Å². The molecule has 1 aliphatic rings. The first-order chi connectivity index (χ1) is 17.9. The maximum atomic E-state index is 13.2. The molecule has 0 N–H and O–H groups in total. The number of carbonyl (C=O) groups is 2. The molecular formula is C29H21FINO4S. The van der Waals surface area contributed by atoms with Crippen molar-refractivity contribution in [2.45, 2.75) is 13.2 Å². The summed E-state index contributed by atoms with van der Waals surface area (Å²) in [5.74, 6) is 0.416. The molecular weight excluding hydrogens is 604 g/mol. The van der Waals surface area contributed by atoms with Crippen LogP contribution in [0.4, 0.5) is 9.18 Å². The van der Waals surface area contributed by atoms with Gasteiger partial charge < -0.3 is 9.47 Å². The van der Waals surface area contributed by atoms with Crippen molar-refractivity contribution in [2.24, 2.45) is 0 Å². The molecule has 0 aliphatic carbocycles. The topological polar surface area (TPSA) is 55.8 Å². The minimum Gasteiger partial charge on any atom is -0.493 e. The summed E-state index contributed by atoms with van der Waals surface area (Å²) in [6.07, 6.45) is 1.70. The molecule has 0 unspecified atom stereocenters. The van der Waals surface area contributed by atoms with Gasteiger partial charge in [0.25, 0.3) is 11.1 Å². The van der Waals surface area contributed by atoms with Crippen molar-refractivity contribution in [2.75, 3.05) is 7.11 Å². The number of hydrogen-bond acceptors (Lipinski definition) is 5. The monoisotopic (exact) mass is 625 g/mol. The summed E-state index contributed by atoms with van der Waals surface area (Å²) in [6.45, 7) is 0.458. The number of methoxy groups -OCH3 is 1. The molecule has 2 amide bonds. The SMILES string of the molecule is COc1cc(/C=C2\SC(=O)N(Cc3cccc4ccccc34)C2=O)cc(I)c1OCc1ccc(F)cc1. The van der Waals surface area contributed by atoms with Crippen molar-refractivity contribution < 1.29 is 23.5 Å². The van der Waals surface area contributed by atoms with E-state index in [1.807, 2.05) is 48.5 Å². The van der Waals surface area contributed by atoms with Crippen LogP contribution in [0.3, 0.4) is 0 Å². The fraction of sp³-hybridized carbons (Fsp3) is 0.103. The minimum atomic E-state index is -0.325. The first-order valence-electron chi connectivity index (χ1n) is 11.4. The van der Waals surface area contributed by atoms with E-state index in [-0.39, 0.29) is 30.1 Å². The molecule has 0 aromatic heterocycles. The molecule has 1 saturated heterocycles. The van der Waals surface area contributed by atoms with Crippen molar-refractivity contribution >= 4 is 62.3 Å². The molecule has 5 rings (SSSR count). The Hall–Kier alpha value is -3.37. The molecule has 4 aromatic rings. The third-order valence-corrected chi connectivity index (χ3v) is 7.64. The molecule has 1 heterocycles. The Morgan fingerprint density at radius 3 is 2.54 bits per heavy atom. The molecule has 1 aliphatic heterocycles. The second-order valence-corrected chi connectivity index (χ2v) is 10.5. The molecule has 37 heavy (non-hydrogen) atoms. The number of carbonyl (C=O) groups excluding carboxylic acids is 2. The van der Waals surface area contributed by atoms with E-state index in [4.69, 9.17) is 9.47 Å². The Bertz CT molecular complexity index is 1530. The highest BCUT2D eigenvalue weighted by molar-refractivity contribution is 14.1. The second-order valence-electron chi connectivity index (χ2n) is 8.36. The highest BCUT2D eigenvalue weighted by Gasteiger charge is 2.35. The number of imide groups is 1. The normalized spacial score (nSPS) is 14.6. The molecule has 8 heteroatoms. The third kappa shape index (κ3) is 5.50. The van der Waals surface area contributed by atoms with Crippen molar-refractivity contribution in [1.82, 2.24) is 4.90 Å². The zero-order valence-corrected chi connectivity index (χ0v) is 22.7. The average molecular weight is 625 g/mol. The minimum absolute atomic E-state index is 0.209. The lowest BCUT2D eigenvalue weighted by Crippen LogP contribution is -2.27. The van der Waals surface area contributed by atoms with Gasteiger partial charge in [-0.25, -0.2) is 4.39 Å². The number of nitrogens with zero attached hydrogens (tertiary/aromatic N) is 1. The van der Waals surface area contributed by atoms with Crippen LogP contribution in [0.5, 0.6) is 11.5 Å². The predicted octanol–water partition coefficient (Wildman–Crippen LogP) is 7.41. The molecule has 0 saturated carbocycles. The lowest BCUT2D eigenvalue weighted by Gasteiger charge is -2.15. The van der Waals surface area contributed by atoms with Crippen LogP contribution >= 0.6 is 34.4 Å². The van der Waals surface area contributed by atoms with Gasteiger partial charge in [-0.1, -0.05) is 54.6 Å². The molecule has 4 aromatic carbocycles. The van der Waals surface area contributed by atoms with Gasteiger partial charge in [0.15, 0.2) is 11.5 Å². The summed E-state index contributed by atoms with van der Waals surface area (Å²) in [4.78, 5) is 27.6. The Kier molecular flexibility index (Phi) is 7.48. The van der Waals surface area contributed by atoms with Crippen LogP contribution in [0.1, 0.15) is 16.7 Å². The van der Waals surface area contributed by atoms with Crippen LogP contribution in [0.25, 0.3) is 16.8 Å². The van der Waals surface area contributed by atoms with E-state index in [1.54, 1.807) is 24.3 Å². The van der Waals surface area contributed by atoms with E-state index < -0.39 is 0 Å². The van der Waals surface area contributed by atoms with Gasteiger partial charge in [-0.05, 0) is 92.2 Å². The van der Waals surface area contributed by atoms with Crippen molar-refractivity contribution in [1.29, 1.82) is 0 Å². The summed E-state index contributed by atoms with van der Waals surface area (Å²) in [6, 6.07) is 23.5. The molecule has 0 bridgehead atoms. The Morgan fingerprint density at radius 2 is 1.76 bits per heavy atom. The standard InChI is InChI=1S/C29H21FINO4S/c1-35-25-14-19(13-24(31)27(25)36-17-18-9-11-22(30)12-10-18)15-26-28(33)32(29(34)37-26)16-21-7-4-6-20-5-2-3-8-23(20)21/h2-15H,16-17H2,1H3/b26-15-. The van der Waals surface area contributed by atoms with Gasteiger partial charge in [0.1, 0.15) is 12.4 Å². The lowest BCUT2D eigenvalue weighted by molar-refractivity contribution is -0.123. The van der Waals surface area contributed by atoms with Crippen LogP contribution in [0.15, 0.2) is 83.8 Å². The number of halogens is 2. The van der Waals surface area contributed by atoms with Crippen molar-refractivity contribution in [3.8, 4) is 11.5 Å². The van der Waals surface area contributed by atoms with Crippen molar-refractivity contribution in [3.63, 3.8) is 0 Å². The summed E-state index contributed by atoms with van der Waals surface area (Å²) in [5, 5.41) is 1.78. The van der Waals surface area contributed by atoms with Crippen LogP contribution in [0.2, 0.25) is 0 Å². The summed E-state index contributed by atoms with van der Waals surface area (Å²) in [7, 11) is 1.54. The van der Waals surface area contributed by atoms with Gasteiger partial charge >= 0.3 is 0 Å². The molecule has 0 atom stereocenters. The van der Waals surface area contributed by atoms with Crippen LogP contribution in [-0.2, 0) is 17.9 Å². The summed E-state index contributed by atoms with van der Waals surface area (Å²) >= 11 is 3.07. The third-order valence-electron chi connectivity index (χ3n) is 5.93. The number of fused-ring (bicyclic) bond motifs is 1. The number of rotatable bonds is 7. The highest BCUT2D eigenvalue weighted by atomic mass is 127. The van der Waals surface area contributed by atoms with Crippen LogP contribution in [0, 0.1) is 9.39 Å². The first-order valence-corrected chi connectivity index (χ1v) is 13.3. The van der Waals surface area contributed by atoms with Gasteiger partial charge in [-0.15, -0.1) is 0 Å². The highest BCUT2D eigenvalue weighted by Crippen LogP contribution is 2.38. The van der Waals surface area contributed by atoms with Crippen LogP contribution in [-0.4, -0.2) is 23.2 Å². The quantitative estimate of drug-likeness (QED) is 0.158. The number of ether oxygens (including phenoxy) is 2. The number of benzene rings is 4. The Labute approximate surface area is 231 Å². The molecule has 1 fully saturated rings. The van der Waals surface area contributed by atoms with E-state index >= 15 is 0 Å². The van der Waals surface area contributed by atoms with E-state index in [0.717, 1.165) is 37.2 Å². The largest absolute Gasteiger partial charge is 0.493 e. The molecule has 186 valence electrons. The molecule has 0 spiro atoms. The van der Waals surface area contributed by atoms with Gasteiger partial charge in [0.2, 0.25) is 0 Å². The number of amides is 2. The smallest absolute Gasteiger partial charge is 0.293 e. The van der Waals surface area contributed by atoms with Gasteiger partial charge in [-0.2, -0.15) is 0 Å². The van der Waals surface area contributed by atoms with Crippen molar-refractivity contribution in [3.05, 3.63) is 110 Å². The maximum Gasteiger partial charge on any atom is 0.293 e. The fourth-order valence-electron chi connectivity index (χ4n) is 4.09. The summed E-state index contributed by atoms with van der Waals surface area (Å²) < 4.78 is 25.4. The summed E-state index contributed by atoms with van der Waals surface area (Å²) in [5.41, 5.74) is 2.45. The van der Waals surface area contributed by atoms with Crippen LogP contribution < -0.4 is 9.47 Å². The van der Waals surface area contributed by atoms with Gasteiger partial charge in [0, 0.05) is 0 Å². The zero-order chi connectivity index (χ0) is 25.9. The van der Waals surface area contributed by atoms with E-state index in [0.29, 0.717) is 22.0 Å². The van der Waals surface area contributed by atoms with E-state index in [9.17, 15) is 14.0 Å². The van der Waals surface area contributed by atoms with Gasteiger partial charge in [0.05, 0.1) is 22.1 Å². The average Bonchev–Trinajstić information content (AvgIpc) is 3.16. The first kappa shape index (κ1) is 25.3. The number of hydrogen-bond donors (Lipinski definition) is 0. The fourth-order valence-corrected chi connectivity index (χ4v) is 5.71. The Morgan fingerprint density at radius 1 is 1.00 bits per heavy atom. The molecule has 0 radical (unpaired) electrons. The van der Waals surface area contributed by atoms with Gasteiger partial charge in [-0.3, -0.25) is 14.5 Å². The van der Waals surface area contributed by atoms with E-state index in [2.05, 4.69) is 22.6 Å². The maximum absolute atomic E-state index is 13.2. The lowest BCUT2D eigenvalue weighted by atomic mass is 10.0. The predicted molar refractivity (Wildman–Crippen MR) is 152 cm³/mol. The number of thioether (sulfide) groups is 1. The zero-order valence-electron chi connectivity index (χ0n) is 19.7.